The Morgan fingerprint density at radius 3 is 2.88 bits per heavy atom. The Morgan fingerprint density at radius 1 is 1.53 bits per heavy atom. The number of nitrogens with zero attached hydrogens (tertiary/aromatic N) is 2. The second-order valence-corrected chi connectivity index (χ2v) is 6.07. The predicted octanol–water partition coefficient (Wildman–Crippen LogP) is 2.94. The van der Waals surface area contributed by atoms with E-state index < -0.39 is 0 Å². The molecule has 2 heterocycles. The molecule has 0 aliphatic heterocycles. The lowest BCUT2D eigenvalue weighted by molar-refractivity contribution is 0.449. The molecule has 1 unspecified atom stereocenters. The van der Waals surface area contributed by atoms with E-state index in [1.54, 1.807) is 11.3 Å². The zero-order valence-corrected chi connectivity index (χ0v) is 11.4. The molecule has 0 saturated carbocycles. The van der Waals surface area contributed by atoms with Gasteiger partial charge in [0.05, 0.1) is 17.6 Å². The van der Waals surface area contributed by atoms with Crippen LogP contribution in [-0.4, -0.2) is 9.55 Å². The molecule has 4 heteroatoms. The van der Waals surface area contributed by atoms with Crippen molar-refractivity contribution in [2.24, 2.45) is 5.73 Å². The van der Waals surface area contributed by atoms with Crippen molar-refractivity contribution < 1.29 is 0 Å². The van der Waals surface area contributed by atoms with Crippen LogP contribution in [0.2, 0.25) is 0 Å². The van der Waals surface area contributed by atoms with Gasteiger partial charge in [0, 0.05) is 23.5 Å². The van der Waals surface area contributed by atoms with E-state index in [2.05, 4.69) is 34.0 Å². The van der Waals surface area contributed by atoms with Crippen LogP contribution in [0.1, 0.15) is 37.4 Å². The van der Waals surface area contributed by atoms with E-state index in [0.717, 1.165) is 12.1 Å². The summed E-state index contributed by atoms with van der Waals surface area (Å²) in [7, 11) is 0. The Hall–Kier alpha value is -1.13. The zero-order valence-electron chi connectivity index (χ0n) is 10.6. The maximum Gasteiger partial charge on any atom is 0.0951 e. The van der Waals surface area contributed by atoms with Gasteiger partial charge in [-0.2, -0.15) is 0 Å². The standard InChI is InChI=1S/C13H19N3S/c1-10(7-11-5-4-6-17-11)16-9-15-8-12(16)13(2,3)14/h4-6,8-10H,7,14H2,1-3H3. The molecule has 17 heavy (non-hydrogen) atoms. The number of hydrogen-bond donors (Lipinski definition) is 1. The fourth-order valence-electron chi connectivity index (χ4n) is 1.97. The van der Waals surface area contributed by atoms with E-state index in [4.69, 9.17) is 5.73 Å². The molecule has 0 saturated heterocycles. The predicted molar refractivity (Wildman–Crippen MR) is 72.2 cm³/mol. The minimum atomic E-state index is -0.347. The van der Waals surface area contributed by atoms with Gasteiger partial charge >= 0.3 is 0 Å². The average Bonchev–Trinajstić information content (AvgIpc) is 2.85. The van der Waals surface area contributed by atoms with E-state index in [1.165, 1.54) is 4.88 Å². The van der Waals surface area contributed by atoms with Gasteiger partial charge in [-0.25, -0.2) is 4.98 Å². The molecule has 0 aliphatic carbocycles. The van der Waals surface area contributed by atoms with E-state index in [-0.39, 0.29) is 5.54 Å². The number of hydrogen-bond acceptors (Lipinski definition) is 3. The molecule has 2 rings (SSSR count). The van der Waals surface area contributed by atoms with Crippen molar-refractivity contribution >= 4 is 11.3 Å². The molecule has 0 aliphatic rings. The lowest BCUT2D eigenvalue weighted by Gasteiger charge is -2.24. The molecule has 0 radical (unpaired) electrons. The van der Waals surface area contributed by atoms with Gasteiger partial charge in [-0.3, -0.25) is 0 Å². The average molecular weight is 249 g/mol. The Morgan fingerprint density at radius 2 is 2.29 bits per heavy atom. The number of thiophene rings is 1. The quantitative estimate of drug-likeness (QED) is 0.905. The second kappa shape index (κ2) is 4.63. The van der Waals surface area contributed by atoms with Crippen LogP contribution in [0.15, 0.2) is 30.0 Å². The topological polar surface area (TPSA) is 43.8 Å². The molecule has 1 atom stereocenters. The van der Waals surface area contributed by atoms with Gasteiger partial charge in [-0.15, -0.1) is 11.3 Å². The van der Waals surface area contributed by atoms with Gasteiger partial charge in [0.15, 0.2) is 0 Å². The van der Waals surface area contributed by atoms with Crippen molar-refractivity contribution in [3.63, 3.8) is 0 Å². The maximum absolute atomic E-state index is 6.15. The van der Waals surface area contributed by atoms with Crippen LogP contribution in [0.5, 0.6) is 0 Å². The summed E-state index contributed by atoms with van der Waals surface area (Å²) in [5.41, 5.74) is 6.89. The third kappa shape index (κ3) is 2.76. The van der Waals surface area contributed by atoms with Crippen molar-refractivity contribution in [1.29, 1.82) is 0 Å². The zero-order chi connectivity index (χ0) is 12.5. The number of imidazole rings is 1. The van der Waals surface area contributed by atoms with Crippen LogP contribution in [-0.2, 0) is 12.0 Å². The van der Waals surface area contributed by atoms with Crippen molar-refractivity contribution in [3.8, 4) is 0 Å². The molecule has 3 nitrogen and oxygen atoms in total. The van der Waals surface area contributed by atoms with Gasteiger partial charge in [0.1, 0.15) is 0 Å². The minimum absolute atomic E-state index is 0.347. The molecule has 0 fully saturated rings. The third-order valence-corrected chi connectivity index (χ3v) is 3.78. The summed E-state index contributed by atoms with van der Waals surface area (Å²) in [5, 5.41) is 2.11. The van der Waals surface area contributed by atoms with E-state index >= 15 is 0 Å². The monoisotopic (exact) mass is 249 g/mol. The highest BCUT2D eigenvalue weighted by Gasteiger charge is 2.21. The maximum atomic E-state index is 6.15. The molecule has 0 bridgehead atoms. The number of aromatic nitrogens is 2. The van der Waals surface area contributed by atoms with Crippen LogP contribution in [0, 0.1) is 0 Å². The first-order valence-electron chi connectivity index (χ1n) is 5.82. The smallest absolute Gasteiger partial charge is 0.0951 e. The Balaban J connectivity index is 2.20. The number of rotatable bonds is 4. The fourth-order valence-corrected chi connectivity index (χ4v) is 2.80. The van der Waals surface area contributed by atoms with Gasteiger partial charge < -0.3 is 10.3 Å². The first-order valence-corrected chi connectivity index (χ1v) is 6.70. The molecule has 2 aromatic rings. The van der Waals surface area contributed by atoms with Crippen LogP contribution in [0.25, 0.3) is 0 Å². The Labute approximate surface area is 106 Å². The Bertz CT molecular complexity index is 465. The molecule has 2 aromatic heterocycles. The fraction of sp³-hybridized carbons (Fsp3) is 0.462. The van der Waals surface area contributed by atoms with Crippen LogP contribution < -0.4 is 5.73 Å². The molecular formula is C13H19N3S. The molecule has 92 valence electrons. The van der Waals surface area contributed by atoms with Gasteiger partial charge in [-0.1, -0.05) is 6.07 Å². The first-order chi connectivity index (χ1) is 7.98. The summed E-state index contributed by atoms with van der Waals surface area (Å²) in [5.74, 6) is 0. The van der Waals surface area contributed by atoms with Crippen molar-refractivity contribution in [1.82, 2.24) is 9.55 Å². The Kier molecular flexibility index (Phi) is 3.35. The lowest BCUT2D eigenvalue weighted by Crippen LogP contribution is -2.32. The summed E-state index contributed by atoms with van der Waals surface area (Å²) in [6.45, 7) is 6.23. The van der Waals surface area contributed by atoms with E-state index in [1.807, 2.05) is 26.4 Å². The summed E-state index contributed by atoms with van der Waals surface area (Å²) in [6, 6.07) is 4.65. The SMILES string of the molecule is CC(Cc1cccs1)n1cncc1C(C)(C)N. The van der Waals surface area contributed by atoms with Crippen molar-refractivity contribution in [2.45, 2.75) is 38.8 Å². The van der Waals surface area contributed by atoms with Crippen LogP contribution in [0.3, 0.4) is 0 Å². The highest BCUT2D eigenvalue weighted by molar-refractivity contribution is 7.09. The third-order valence-electron chi connectivity index (χ3n) is 2.88. The molecule has 0 amide bonds. The van der Waals surface area contributed by atoms with Gasteiger partial charge in [-0.05, 0) is 32.2 Å². The van der Waals surface area contributed by atoms with Crippen molar-refractivity contribution in [3.05, 3.63) is 40.6 Å². The lowest BCUT2D eigenvalue weighted by atomic mass is 10.0. The minimum Gasteiger partial charge on any atom is -0.330 e. The number of nitrogens with two attached hydrogens (primary N) is 1. The normalized spacial score (nSPS) is 13.9. The summed E-state index contributed by atoms with van der Waals surface area (Å²) >= 11 is 1.80. The molecule has 0 spiro atoms. The molecule has 0 aromatic carbocycles. The van der Waals surface area contributed by atoms with Gasteiger partial charge in [0.2, 0.25) is 0 Å². The van der Waals surface area contributed by atoms with Crippen LogP contribution in [0.4, 0.5) is 0 Å². The second-order valence-electron chi connectivity index (χ2n) is 5.04. The highest BCUT2D eigenvalue weighted by atomic mass is 32.1. The van der Waals surface area contributed by atoms with E-state index in [0.29, 0.717) is 6.04 Å². The first kappa shape index (κ1) is 12.3. The summed E-state index contributed by atoms with van der Waals surface area (Å²) in [6.07, 6.45) is 4.77. The molecule has 2 N–H and O–H groups in total. The van der Waals surface area contributed by atoms with Crippen LogP contribution >= 0.6 is 11.3 Å². The highest BCUT2D eigenvalue weighted by Crippen LogP contribution is 2.23. The summed E-state index contributed by atoms with van der Waals surface area (Å²) < 4.78 is 2.18. The molecular weight excluding hydrogens is 230 g/mol. The van der Waals surface area contributed by atoms with Crippen molar-refractivity contribution in [2.75, 3.05) is 0 Å². The van der Waals surface area contributed by atoms with Gasteiger partial charge in [0.25, 0.3) is 0 Å². The summed E-state index contributed by atoms with van der Waals surface area (Å²) in [4.78, 5) is 5.62. The van der Waals surface area contributed by atoms with E-state index in [9.17, 15) is 0 Å². The largest absolute Gasteiger partial charge is 0.330 e.